The molecule has 1 saturated heterocycles. The summed E-state index contributed by atoms with van der Waals surface area (Å²) in [6.07, 6.45) is 1.25. The van der Waals surface area contributed by atoms with Gasteiger partial charge in [-0.05, 0) is 30.7 Å². The normalized spacial score (nSPS) is 21.8. The lowest BCUT2D eigenvalue weighted by molar-refractivity contribution is -0.137. The second-order valence-electron chi connectivity index (χ2n) is 8.31. The van der Waals surface area contributed by atoms with Crippen molar-refractivity contribution in [3.63, 3.8) is 0 Å². The highest BCUT2D eigenvalue weighted by atomic mass is 19.1. The van der Waals surface area contributed by atoms with E-state index < -0.39 is 24.1 Å². The van der Waals surface area contributed by atoms with Gasteiger partial charge in [-0.2, -0.15) is 0 Å². The number of carbonyl (C=O) groups excluding carboxylic acids is 2. The SMILES string of the molecule is COc1ccc(CN2C(C)=CN3C2=NC2C3C(=O)N(Cc3ccccc3F)C(=O)N2C)cc1. The maximum atomic E-state index is 14.2. The molecule has 0 aromatic heterocycles. The Balaban J connectivity index is 1.41. The third-order valence-electron chi connectivity index (χ3n) is 6.29. The number of benzene rings is 2. The lowest BCUT2D eigenvalue weighted by Crippen LogP contribution is -2.63. The van der Waals surface area contributed by atoms with E-state index in [0.29, 0.717) is 18.1 Å². The number of hydrogen-bond acceptors (Lipinski definition) is 6. The molecular weight excluding hydrogens is 425 g/mol. The summed E-state index contributed by atoms with van der Waals surface area (Å²) >= 11 is 0. The summed E-state index contributed by atoms with van der Waals surface area (Å²) in [6, 6.07) is 12.7. The minimum absolute atomic E-state index is 0.126. The molecule has 9 heteroatoms. The van der Waals surface area contributed by atoms with Crippen LogP contribution in [0.5, 0.6) is 5.75 Å². The van der Waals surface area contributed by atoms with E-state index in [1.807, 2.05) is 47.2 Å². The van der Waals surface area contributed by atoms with Crippen molar-refractivity contribution < 1.29 is 18.7 Å². The molecule has 3 heterocycles. The van der Waals surface area contributed by atoms with Crippen LogP contribution >= 0.6 is 0 Å². The molecule has 3 aliphatic heterocycles. The number of carbonyl (C=O) groups is 2. The van der Waals surface area contributed by atoms with Crippen molar-refractivity contribution in [2.24, 2.45) is 4.99 Å². The number of allylic oxidation sites excluding steroid dienone is 1. The van der Waals surface area contributed by atoms with E-state index in [9.17, 15) is 14.0 Å². The van der Waals surface area contributed by atoms with Gasteiger partial charge in [0.15, 0.2) is 12.2 Å². The minimum Gasteiger partial charge on any atom is -0.497 e. The van der Waals surface area contributed by atoms with Crippen LogP contribution in [0.3, 0.4) is 0 Å². The fraction of sp³-hybridized carbons (Fsp3) is 0.292. The molecule has 2 aromatic carbocycles. The molecule has 0 spiro atoms. The first-order chi connectivity index (χ1) is 15.9. The van der Waals surface area contributed by atoms with Crippen LogP contribution in [-0.4, -0.2) is 63.9 Å². The Labute approximate surface area is 191 Å². The number of methoxy groups -OCH3 is 1. The van der Waals surface area contributed by atoms with E-state index in [0.717, 1.165) is 21.9 Å². The number of imide groups is 1. The lowest BCUT2D eigenvalue weighted by atomic mass is 10.1. The summed E-state index contributed by atoms with van der Waals surface area (Å²) in [4.78, 5) is 37.6. The highest BCUT2D eigenvalue weighted by Crippen LogP contribution is 2.35. The van der Waals surface area contributed by atoms with Gasteiger partial charge in [0.1, 0.15) is 11.6 Å². The van der Waals surface area contributed by atoms with E-state index in [1.54, 1.807) is 32.4 Å². The number of rotatable bonds is 5. The third kappa shape index (κ3) is 3.40. The van der Waals surface area contributed by atoms with Crippen LogP contribution in [0.2, 0.25) is 0 Å². The van der Waals surface area contributed by atoms with Gasteiger partial charge < -0.3 is 19.4 Å². The van der Waals surface area contributed by atoms with Crippen molar-refractivity contribution in [3.8, 4) is 5.75 Å². The number of ether oxygens (including phenoxy) is 1. The lowest BCUT2D eigenvalue weighted by Gasteiger charge is -2.40. The Bertz CT molecular complexity index is 1180. The van der Waals surface area contributed by atoms with Crippen molar-refractivity contribution in [1.29, 1.82) is 0 Å². The van der Waals surface area contributed by atoms with Crippen LogP contribution in [0.15, 0.2) is 65.4 Å². The molecule has 0 bridgehead atoms. The molecule has 170 valence electrons. The van der Waals surface area contributed by atoms with Gasteiger partial charge in [-0.3, -0.25) is 9.69 Å². The fourth-order valence-corrected chi connectivity index (χ4v) is 4.45. The Morgan fingerprint density at radius 3 is 2.45 bits per heavy atom. The number of fused-ring (bicyclic) bond motifs is 3. The first kappa shape index (κ1) is 21.0. The van der Waals surface area contributed by atoms with E-state index in [2.05, 4.69) is 0 Å². The quantitative estimate of drug-likeness (QED) is 0.702. The monoisotopic (exact) mass is 449 g/mol. The third-order valence-corrected chi connectivity index (χ3v) is 6.29. The molecule has 3 amide bonds. The maximum absolute atomic E-state index is 14.2. The molecule has 2 unspecified atom stereocenters. The number of aliphatic imine (C=N–C) groups is 1. The molecule has 0 radical (unpaired) electrons. The van der Waals surface area contributed by atoms with Crippen LogP contribution < -0.4 is 4.74 Å². The van der Waals surface area contributed by atoms with Crippen LogP contribution in [0.1, 0.15) is 18.1 Å². The number of guanidine groups is 1. The van der Waals surface area contributed by atoms with Gasteiger partial charge >= 0.3 is 6.03 Å². The average molecular weight is 449 g/mol. The summed E-state index contributed by atoms with van der Waals surface area (Å²) in [6.45, 7) is 2.39. The topological polar surface area (TPSA) is 68.7 Å². The maximum Gasteiger partial charge on any atom is 0.328 e. The standard InChI is InChI=1S/C24H24FN5O3/c1-15-12-29-20-21(26-23(29)28(15)13-16-8-10-18(33-3)11-9-16)27(2)24(32)30(22(20)31)14-17-6-4-5-7-19(17)25/h4-12,20-21H,13-14H2,1-3H3. The largest absolute Gasteiger partial charge is 0.497 e. The zero-order chi connectivity index (χ0) is 23.3. The Morgan fingerprint density at radius 2 is 1.76 bits per heavy atom. The van der Waals surface area contributed by atoms with E-state index in [1.165, 1.54) is 11.0 Å². The molecule has 2 aromatic rings. The van der Waals surface area contributed by atoms with E-state index >= 15 is 0 Å². The first-order valence-corrected chi connectivity index (χ1v) is 10.7. The summed E-state index contributed by atoms with van der Waals surface area (Å²) < 4.78 is 19.4. The summed E-state index contributed by atoms with van der Waals surface area (Å²) in [5, 5.41) is 0. The number of urea groups is 1. The van der Waals surface area contributed by atoms with Crippen molar-refractivity contribution in [3.05, 3.63) is 77.4 Å². The smallest absolute Gasteiger partial charge is 0.328 e. The van der Waals surface area contributed by atoms with Gasteiger partial charge in [0.25, 0.3) is 5.91 Å². The van der Waals surface area contributed by atoms with Gasteiger partial charge in [-0.25, -0.2) is 14.2 Å². The fourth-order valence-electron chi connectivity index (χ4n) is 4.45. The Morgan fingerprint density at radius 1 is 1.03 bits per heavy atom. The molecule has 3 aliphatic rings. The van der Waals surface area contributed by atoms with Crippen LogP contribution in [0.25, 0.3) is 0 Å². The number of likely N-dealkylation sites (N-methyl/N-ethyl adjacent to an activating group) is 1. The first-order valence-electron chi connectivity index (χ1n) is 10.7. The Hall–Kier alpha value is -3.88. The number of hydrogen-bond donors (Lipinski definition) is 0. The van der Waals surface area contributed by atoms with Gasteiger partial charge in [0, 0.05) is 24.5 Å². The second-order valence-corrected chi connectivity index (χ2v) is 8.31. The van der Waals surface area contributed by atoms with Gasteiger partial charge in [-0.15, -0.1) is 0 Å². The molecule has 5 rings (SSSR count). The summed E-state index contributed by atoms with van der Waals surface area (Å²) in [5.41, 5.74) is 2.29. The zero-order valence-corrected chi connectivity index (χ0v) is 18.6. The van der Waals surface area contributed by atoms with Crippen molar-refractivity contribution in [2.75, 3.05) is 14.2 Å². The van der Waals surface area contributed by atoms with Gasteiger partial charge in [0.2, 0.25) is 5.96 Å². The number of amides is 3. The van der Waals surface area contributed by atoms with Crippen LogP contribution in [0.4, 0.5) is 9.18 Å². The van der Waals surface area contributed by atoms with Crippen molar-refractivity contribution in [2.45, 2.75) is 32.2 Å². The highest BCUT2D eigenvalue weighted by molar-refractivity contribution is 6.04. The average Bonchev–Trinajstić information content (AvgIpc) is 3.32. The zero-order valence-electron chi connectivity index (χ0n) is 18.6. The minimum atomic E-state index is -0.690. The van der Waals surface area contributed by atoms with Crippen LogP contribution in [0, 0.1) is 5.82 Å². The Kier molecular flexibility index (Phi) is 5.03. The summed E-state index contributed by atoms with van der Waals surface area (Å²) in [7, 11) is 3.25. The second kappa shape index (κ2) is 7.91. The molecule has 8 nitrogen and oxygen atoms in total. The van der Waals surface area contributed by atoms with Gasteiger partial charge in [-0.1, -0.05) is 30.3 Å². The predicted molar refractivity (Wildman–Crippen MR) is 119 cm³/mol. The van der Waals surface area contributed by atoms with Crippen molar-refractivity contribution >= 4 is 17.9 Å². The number of halogens is 1. The molecule has 0 N–H and O–H groups in total. The molecular formula is C24H24FN5O3. The highest BCUT2D eigenvalue weighted by Gasteiger charge is 2.54. The number of nitrogens with zero attached hydrogens (tertiary/aromatic N) is 5. The summed E-state index contributed by atoms with van der Waals surface area (Å²) in [5.74, 6) is 0.562. The molecule has 0 aliphatic carbocycles. The van der Waals surface area contributed by atoms with Crippen LogP contribution in [-0.2, 0) is 17.9 Å². The molecule has 1 fully saturated rings. The van der Waals surface area contributed by atoms with E-state index in [4.69, 9.17) is 9.73 Å². The van der Waals surface area contributed by atoms with Gasteiger partial charge in [0.05, 0.1) is 20.2 Å². The molecule has 2 atom stereocenters. The van der Waals surface area contributed by atoms with Crippen molar-refractivity contribution in [1.82, 2.24) is 19.6 Å². The van der Waals surface area contributed by atoms with E-state index in [-0.39, 0.29) is 12.5 Å². The molecule has 33 heavy (non-hydrogen) atoms. The molecule has 0 saturated carbocycles. The predicted octanol–water partition coefficient (Wildman–Crippen LogP) is 2.97.